The van der Waals surface area contributed by atoms with Gasteiger partial charge in [0.2, 0.25) is 53.4 Å². The highest BCUT2D eigenvalue weighted by molar-refractivity contribution is 6.32. The monoisotopic (exact) mass is 1600 g/mol. The van der Waals surface area contributed by atoms with Gasteiger partial charge in [0, 0.05) is 46.7 Å². The number of amides is 7. The van der Waals surface area contributed by atoms with Gasteiger partial charge in [-0.1, -0.05) is 55.2 Å². The summed E-state index contributed by atoms with van der Waals surface area (Å²) in [5.41, 5.74) is 13.3. The quantitative estimate of drug-likeness (QED) is 0.0685. The van der Waals surface area contributed by atoms with E-state index in [9.17, 15) is 65.4 Å². The summed E-state index contributed by atoms with van der Waals surface area (Å²) in [6, 6.07) is -0.361. The number of carboxylic acid groups (broad SMARTS) is 1. The Bertz CT molecular complexity index is 4460. The van der Waals surface area contributed by atoms with Crippen LogP contribution in [0.3, 0.4) is 0 Å². The molecule has 8 heterocycles. The summed E-state index contributed by atoms with van der Waals surface area (Å²) in [7, 11) is 3.19. The van der Waals surface area contributed by atoms with Gasteiger partial charge in [0.05, 0.1) is 53.5 Å². The smallest absolute Gasteiger partial charge is 0.330 e. The number of fused-ring (bicyclic) bond motifs is 15. The Morgan fingerprint density at radius 2 is 1.22 bits per heavy atom. The molecule has 0 aromatic heterocycles. The molecule has 22 atom stereocenters. The lowest BCUT2D eigenvalue weighted by Gasteiger charge is -2.47. The number of likely N-dealkylation sites (N-methyl/N-ethyl adjacent to an activating group) is 1. The molecular formula is C74H90Cl2N10O26. The van der Waals surface area contributed by atoms with E-state index < -0.39 is 261 Å². The number of primary amides is 1. The van der Waals surface area contributed by atoms with Gasteiger partial charge in [-0.25, -0.2) is 4.79 Å². The number of hydrogen-bond donors (Lipinski definition) is 19. The number of phenolic OH excluding ortho intramolecular Hbond substituents is 3. The zero-order valence-electron chi connectivity index (χ0n) is 61.6. The maximum Gasteiger partial charge on any atom is 0.330 e. The van der Waals surface area contributed by atoms with E-state index in [0.29, 0.717) is 0 Å². The van der Waals surface area contributed by atoms with Crippen LogP contribution in [0.2, 0.25) is 10.0 Å². The predicted molar refractivity (Wildman–Crippen MR) is 390 cm³/mol. The van der Waals surface area contributed by atoms with Crippen LogP contribution >= 0.6 is 23.2 Å². The van der Waals surface area contributed by atoms with E-state index in [-0.39, 0.29) is 52.6 Å². The molecule has 22 N–H and O–H groups in total. The summed E-state index contributed by atoms with van der Waals surface area (Å²) in [6.07, 6.45) is -22.8. The van der Waals surface area contributed by atoms with Crippen LogP contribution in [-0.4, -0.2) is 227 Å². The zero-order chi connectivity index (χ0) is 81.8. The molecule has 36 nitrogen and oxygen atoms in total. The number of aliphatic hydroxyl groups is 6. The van der Waals surface area contributed by atoms with Crippen molar-refractivity contribution in [2.75, 3.05) is 20.7 Å². The number of nitrogens with one attached hydrogen (secondary N) is 6. The van der Waals surface area contributed by atoms with E-state index in [1.54, 1.807) is 19.0 Å². The van der Waals surface area contributed by atoms with Crippen LogP contribution in [0.1, 0.15) is 125 Å². The predicted octanol–water partition coefficient (Wildman–Crippen LogP) is 0.686. The molecule has 3 saturated heterocycles. The minimum Gasteiger partial charge on any atom is -0.508 e. The minimum atomic E-state index is -2.38. The maximum absolute atomic E-state index is 16.4. The van der Waals surface area contributed by atoms with Crippen molar-refractivity contribution in [3.05, 3.63) is 117 Å². The van der Waals surface area contributed by atoms with Crippen molar-refractivity contribution in [2.24, 2.45) is 23.1 Å². The second-order valence-electron chi connectivity index (χ2n) is 29.9. The van der Waals surface area contributed by atoms with Gasteiger partial charge >= 0.3 is 5.97 Å². The molecule has 5 aromatic rings. The second-order valence-corrected chi connectivity index (χ2v) is 30.7. The van der Waals surface area contributed by atoms with E-state index in [2.05, 4.69) is 31.9 Å². The van der Waals surface area contributed by atoms with Crippen molar-refractivity contribution in [1.82, 2.24) is 36.8 Å². The van der Waals surface area contributed by atoms with Crippen molar-refractivity contribution < 1.29 is 127 Å². The van der Waals surface area contributed by atoms with Crippen molar-refractivity contribution in [3.8, 4) is 57.1 Å². The summed E-state index contributed by atoms with van der Waals surface area (Å²) in [5, 5.41) is 129. The average molecular weight is 1610 g/mol. The van der Waals surface area contributed by atoms with Gasteiger partial charge in [-0.3, -0.25) is 38.5 Å². The first-order chi connectivity index (χ1) is 52.6. The number of aliphatic hydroxyl groups excluding tert-OH is 6. The van der Waals surface area contributed by atoms with Gasteiger partial charge in [0.25, 0.3) is 0 Å². The lowest BCUT2D eigenvalue weighted by molar-refractivity contribution is -0.333. The highest BCUT2D eigenvalue weighted by atomic mass is 35.5. The van der Waals surface area contributed by atoms with Gasteiger partial charge in [-0.2, -0.15) is 0 Å². The molecule has 11 bridgehead atoms. The third-order valence-corrected chi connectivity index (χ3v) is 21.0. The number of halogens is 2. The molecule has 13 rings (SSSR count). The number of carbonyl (C=O) groups excluding carboxylic acids is 7. The number of hydrogen-bond acceptors (Lipinski definition) is 28. The molecule has 0 spiro atoms. The number of nitrogens with zero attached hydrogens (tertiary/aromatic N) is 1. The molecule has 606 valence electrons. The zero-order valence-corrected chi connectivity index (χ0v) is 63.1. The molecule has 8 aliphatic heterocycles. The number of aromatic hydroxyl groups is 3. The van der Waals surface area contributed by atoms with Gasteiger partial charge in [0.15, 0.2) is 36.2 Å². The molecule has 8 aliphatic rings. The van der Waals surface area contributed by atoms with E-state index in [4.69, 9.17) is 78.3 Å². The highest BCUT2D eigenvalue weighted by Crippen LogP contribution is 2.50. The lowest BCUT2D eigenvalue weighted by atomic mass is 9.86. The van der Waals surface area contributed by atoms with Gasteiger partial charge in [-0.05, 0) is 131 Å². The van der Waals surface area contributed by atoms with E-state index >= 15 is 24.0 Å². The number of nitrogens with two attached hydrogens (primary N) is 3. The first-order valence-electron chi connectivity index (χ1n) is 35.7. The first kappa shape index (κ1) is 83.6. The third-order valence-electron chi connectivity index (χ3n) is 20.4. The van der Waals surface area contributed by atoms with Crippen molar-refractivity contribution in [2.45, 2.75) is 201 Å². The number of ether oxygens (including phenoxy) is 8. The van der Waals surface area contributed by atoms with E-state index in [0.717, 1.165) is 48.5 Å². The van der Waals surface area contributed by atoms with Crippen LogP contribution in [0.15, 0.2) is 78.9 Å². The van der Waals surface area contributed by atoms with Crippen molar-refractivity contribution in [3.63, 3.8) is 0 Å². The van der Waals surface area contributed by atoms with Crippen LogP contribution in [-0.2, 0) is 62.0 Å². The van der Waals surface area contributed by atoms with Gasteiger partial charge in [0.1, 0.15) is 89.5 Å². The fourth-order valence-electron chi connectivity index (χ4n) is 14.4. The Kier molecular flexibility index (Phi) is 24.9. The number of aliphatic carboxylic acids is 1. The molecule has 15 unspecified atom stereocenters. The standard InChI is InChI=1S/C74H90Cl2N10O26/c1-27(2)15-40(86(7)8)66(98)84-55-57(92)31-10-13-43(37(75)17-31)107-45-19-33-20-46(61(45)112-72-62(59(94)58(93)47(26-87)109-72)111-50-25-74(6,79)64(96)29(4)106-50)108-44-14-11-32(18-38(44)76)60(110-49-24-73(5,78)63(95)28(3)105-49)56-70(102)83-54(71(103)104)36-21-34(88)22-42(90)51(36)35-16-30(9-12-41(35)89)52(67(99)85-56)82-68(100)53(33)81-65(97)39(23-48(77)91)80-69(55)101/h9-14,16-22,27-29,39-40,47,49-50,52-60,62-64,72,87-90,92-96H,15,23-26,78-79H2,1-8H3,(H2,77,91)(H,80,101)(H,81,97)(H,82,100)(H,83,102)(H,84,98)(H,85,99)(H,103,104)/t28?,29?,39-,40+,47?,49?,50?,52?,53+,54-,55+,56?,57+,58?,59?,60+,62?,63?,64?,72?,73?,74?/m0/s1. The SMILES string of the molecule is CC(C)C[C@H](C(=O)N[C@H]1C(=O)N[C@@H](CC(N)=O)C(=O)N[C@H]2C(=O)NC3C(=O)NC(C(=O)N[C@H](C(=O)O)c4cc(O)cc(O)c4-c4cc3ccc4O)[C@H](OC3CC(C)(N)C(O)C(C)O3)c3ccc(c(Cl)c3)Oc3cc2cc(c3OC2OC(CO)C(O)C(O)C2OC2CC(C)(N)C(O)C(C)O2)Oc2ccc(cc2Cl)[C@H]1O)N(C)C. The Morgan fingerprint density at radius 3 is 1.79 bits per heavy atom. The summed E-state index contributed by atoms with van der Waals surface area (Å²) in [6.45, 7) is 8.62. The van der Waals surface area contributed by atoms with E-state index in [1.807, 2.05) is 13.8 Å². The number of benzene rings is 5. The Morgan fingerprint density at radius 1 is 0.661 bits per heavy atom. The maximum atomic E-state index is 16.4. The Balaban J connectivity index is 1.19. The first-order valence-corrected chi connectivity index (χ1v) is 36.4. The van der Waals surface area contributed by atoms with Crippen LogP contribution < -0.4 is 63.3 Å². The fourth-order valence-corrected chi connectivity index (χ4v) is 14.9. The second kappa shape index (κ2) is 33.4. The van der Waals surface area contributed by atoms with Crippen molar-refractivity contribution >= 4 is 70.5 Å². The fraction of sp³-hybridized carbons (Fsp3) is 0.486. The highest BCUT2D eigenvalue weighted by Gasteiger charge is 2.52. The minimum absolute atomic E-state index is 0.106. The molecular weight excluding hydrogens is 1520 g/mol. The summed E-state index contributed by atoms with van der Waals surface area (Å²) in [5.74, 6) is -16.0. The van der Waals surface area contributed by atoms with Gasteiger partial charge in [-0.15, -0.1) is 0 Å². The number of carboxylic acids is 1. The van der Waals surface area contributed by atoms with Crippen LogP contribution in [0, 0.1) is 5.92 Å². The number of carbonyl (C=O) groups is 8. The topological polar surface area (TPSA) is 566 Å². The molecule has 7 amide bonds. The third kappa shape index (κ3) is 17.7. The normalized spacial score (nSPS) is 31.9. The molecule has 5 aromatic carbocycles. The number of phenols is 3. The lowest BCUT2D eigenvalue weighted by Crippen LogP contribution is -2.64. The van der Waals surface area contributed by atoms with E-state index in [1.165, 1.54) is 58.0 Å². The molecule has 0 aliphatic carbocycles. The molecule has 0 radical (unpaired) electrons. The van der Waals surface area contributed by atoms with Crippen molar-refractivity contribution in [1.29, 1.82) is 0 Å². The largest absolute Gasteiger partial charge is 0.508 e. The van der Waals surface area contributed by atoms with Crippen LogP contribution in [0.4, 0.5) is 0 Å². The Labute approximate surface area is 650 Å². The molecule has 112 heavy (non-hydrogen) atoms. The number of rotatable bonds is 15. The van der Waals surface area contributed by atoms with Gasteiger partial charge < -0.3 is 138 Å². The molecule has 38 heteroatoms. The summed E-state index contributed by atoms with van der Waals surface area (Å²) < 4.78 is 51.7. The van der Waals surface area contributed by atoms with Crippen LogP contribution in [0.25, 0.3) is 11.1 Å². The molecule has 0 saturated carbocycles. The molecule has 3 fully saturated rings. The van der Waals surface area contributed by atoms with Crippen LogP contribution in [0.5, 0.6) is 46.0 Å². The Hall–Kier alpha value is -9.32. The summed E-state index contributed by atoms with van der Waals surface area (Å²) in [4.78, 5) is 122. The average Bonchev–Trinajstić information content (AvgIpc) is 0.766. The summed E-state index contributed by atoms with van der Waals surface area (Å²) >= 11 is 14.5.